The normalized spacial score (nSPS) is 13.1. The Morgan fingerprint density at radius 2 is 1.78 bits per heavy atom. The van der Waals surface area contributed by atoms with Crippen LogP contribution in [0, 0.1) is 0 Å². The van der Waals surface area contributed by atoms with Crippen molar-refractivity contribution in [3.8, 4) is 0 Å². The quantitative estimate of drug-likeness (QED) is 0.551. The molecular weight excluding hydrogens is 151 g/mol. The predicted molar refractivity (Wildman–Crippen MR) is 44.8 cm³/mol. The third kappa shape index (κ3) is 1.97. The van der Waals surface area contributed by atoms with Crippen LogP contribution in [-0.4, -0.2) is 6.66 Å². The molecule has 0 aromatic heterocycles. The SMILES string of the molecule is CP(Cl)c1ccccc1. The molecule has 2 heteroatoms. The molecule has 0 aliphatic carbocycles. The van der Waals surface area contributed by atoms with Crippen molar-refractivity contribution in [2.75, 3.05) is 6.66 Å². The molecule has 1 aromatic carbocycles. The minimum absolute atomic E-state index is 0.423. The molecule has 0 heterocycles. The van der Waals surface area contributed by atoms with E-state index >= 15 is 0 Å². The summed E-state index contributed by atoms with van der Waals surface area (Å²) in [7, 11) is -0.423. The van der Waals surface area contributed by atoms with Gasteiger partial charge in [0.1, 0.15) is 0 Å². The zero-order chi connectivity index (χ0) is 6.69. The minimum atomic E-state index is -0.423. The van der Waals surface area contributed by atoms with Crippen molar-refractivity contribution in [2.24, 2.45) is 0 Å². The van der Waals surface area contributed by atoms with Gasteiger partial charge in [-0.05, 0) is 12.0 Å². The number of halogens is 1. The number of hydrogen-bond acceptors (Lipinski definition) is 0. The second-order valence-corrected chi connectivity index (χ2v) is 4.80. The van der Waals surface area contributed by atoms with Gasteiger partial charge in [-0.3, -0.25) is 0 Å². The highest BCUT2D eigenvalue weighted by molar-refractivity contribution is 7.89. The Morgan fingerprint density at radius 1 is 1.22 bits per heavy atom. The molecule has 0 saturated heterocycles. The lowest BCUT2D eigenvalue weighted by atomic mass is 10.4. The molecule has 0 N–H and O–H groups in total. The van der Waals surface area contributed by atoms with Gasteiger partial charge >= 0.3 is 0 Å². The Kier molecular flexibility index (Phi) is 2.50. The maximum atomic E-state index is 5.87. The third-order valence-corrected chi connectivity index (χ3v) is 2.71. The Labute approximate surface area is 61.4 Å². The zero-order valence-corrected chi connectivity index (χ0v) is 6.86. The van der Waals surface area contributed by atoms with Crippen LogP contribution in [0.2, 0.25) is 0 Å². The summed E-state index contributed by atoms with van der Waals surface area (Å²) < 4.78 is 0. The van der Waals surface area contributed by atoms with Crippen molar-refractivity contribution in [3.63, 3.8) is 0 Å². The highest BCUT2D eigenvalue weighted by Gasteiger charge is 1.95. The molecule has 0 fully saturated rings. The zero-order valence-electron chi connectivity index (χ0n) is 5.21. The summed E-state index contributed by atoms with van der Waals surface area (Å²) in [6.45, 7) is 2.03. The summed E-state index contributed by atoms with van der Waals surface area (Å²) in [6.07, 6.45) is 0. The summed E-state index contributed by atoms with van der Waals surface area (Å²) in [5, 5.41) is 1.24. The standard InChI is InChI=1S/C7H8ClP/c1-9(8)7-5-3-2-4-6-7/h2-6H,1H3. The van der Waals surface area contributed by atoms with Crippen molar-refractivity contribution in [1.29, 1.82) is 0 Å². The van der Waals surface area contributed by atoms with Gasteiger partial charge in [0, 0.05) is 7.27 Å². The van der Waals surface area contributed by atoms with Gasteiger partial charge in [-0.15, -0.1) is 0 Å². The van der Waals surface area contributed by atoms with Crippen molar-refractivity contribution >= 4 is 23.8 Å². The van der Waals surface area contributed by atoms with E-state index in [1.165, 1.54) is 5.30 Å². The van der Waals surface area contributed by atoms with Crippen LogP contribution >= 0.6 is 18.5 Å². The fourth-order valence-electron chi connectivity index (χ4n) is 0.633. The first kappa shape index (κ1) is 7.05. The van der Waals surface area contributed by atoms with Crippen LogP contribution < -0.4 is 5.30 Å². The van der Waals surface area contributed by atoms with E-state index in [2.05, 4.69) is 12.1 Å². The molecule has 0 aliphatic heterocycles. The molecule has 0 radical (unpaired) electrons. The summed E-state index contributed by atoms with van der Waals surface area (Å²) >= 11 is 5.87. The summed E-state index contributed by atoms with van der Waals surface area (Å²) in [6, 6.07) is 10.1. The molecule has 9 heavy (non-hydrogen) atoms. The van der Waals surface area contributed by atoms with E-state index in [4.69, 9.17) is 11.2 Å². The summed E-state index contributed by atoms with van der Waals surface area (Å²) in [5.41, 5.74) is 0. The molecule has 0 amide bonds. The second-order valence-electron chi connectivity index (χ2n) is 1.81. The molecule has 1 atom stereocenters. The molecular formula is C7H8ClP. The molecule has 0 nitrogen and oxygen atoms in total. The average molecular weight is 159 g/mol. The fourth-order valence-corrected chi connectivity index (χ4v) is 1.55. The van der Waals surface area contributed by atoms with E-state index in [1.54, 1.807) is 0 Å². The molecule has 0 spiro atoms. The predicted octanol–water partition coefficient (Wildman–Crippen LogP) is 2.58. The smallest absolute Gasteiger partial charge is 0.0180 e. The Morgan fingerprint density at radius 3 is 2.11 bits per heavy atom. The van der Waals surface area contributed by atoms with Crippen molar-refractivity contribution in [3.05, 3.63) is 30.3 Å². The van der Waals surface area contributed by atoms with E-state index in [9.17, 15) is 0 Å². The first-order chi connectivity index (χ1) is 4.30. The lowest BCUT2D eigenvalue weighted by Crippen LogP contribution is -1.92. The van der Waals surface area contributed by atoms with Gasteiger partial charge in [0.05, 0.1) is 0 Å². The van der Waals surface area contributed by atoms with Crippen LogP contribution in [0.1, 0.15) is 0 Å². The molecule has 48 valence electrons. The number of benzene rings is 1. The Balaban J connectivity index is 2.85. The van der Waals surface area contributed by atoms with Gasteiger partial charge in [0.15, 0.2) is 0 Å². The van der Waals surface area contributed by atoms with Crippen LogP contribution in [0.5, 0.6) is 0 Å². The highest BCUT2D eigenvalue weighted by atomic mass is 35.7. The fraction of sp³-hybridized carbons (Fsp3) is 0.143. The minimum Gasteiger partial charge on any atom is -0.0915 e. The first-order valence-electron chi connectivity index (χ1n) is 2.75. The van der Waals surface area contributed by atoms with E-state index in [-0.39, 0.29) is 0 Å². The Hall–Kier alpha value is -0.0600. The van der Waals surface area contributed by atoms with E-state index in [0.717, 1.165) is 0 Å². The van der Waals surface area contributed by atoms with Crippen LogP contribution in [-0.2, 0) is 0 Å². The van der Waals surface area contributed by atoms with Gasteiger partial charge in [-0.2, -0.15) is 0 Å². The van der Waals surface area contributed by atoms with Crippen LogP contribution in [0.15, 0.2) is 30.3 Å². The maximum Gasteiger partial charge on any atom is 0.0180 e. The second kappa shape index (κ2) is 3.20. The Bertz CT molecular complexity index is 172. The average Bonchev–Trinajstić information content (AvgIpc) is 1.90. The summed E-state index contributed by atoms with van der Waals surface area (Å²) in [4.78, 5) is 0. The largest absolute Gasteiger partial charge is 0.0915 e. The lowest BCUT2D eigenvalue weighted by Gasteiger charge is -1.99. The summed E-state index contributed by atoms with van der Waals surface area (Å²) in [5.74, 6) is 0. The van der Waals surface area contributed by atoms with Crippen LogP contribution in [0.3, 0.4) is 0 Å². The molecule has 1 rings (SSSR count). The third-order valence-electron chi connectivity index (χ3n) is 1.11. The molecule has 0 saturated carbocycles. The van der Waals surface area contributed by atoms with Gasteiger partial charge < -0.3 is 0 Å². The maximum absolute atomic E-state index is 5.87. The monoisotopic (exact) mass is 158 g/mol. The van der Waals surface area contributed by atoms with Crippen molar-refractivity contribution < 1.29 is 0 Å². The van der Waals surface area contributed by atoms with Crippen molar-refractivity contribution in [2.45, 2.75) is 0 Å². The molecule has 1 aromatic rings. The van der Waals surface area contributed by atoms with Crippen LogP contribution in [0.4, 0.5) is 0 Å². The topological polar surface area (TPSA) is 0 Å². The number of hydrogen-bond donors (Lipinski definition) is 0. The van der Waals surface area contributed by atoms with E-state index in [0.29, 0.717) is 0 Å². The van der Waals surface area contributed by atoms with Gasteiger partial charge in [-0.25, -0.2) is 0 Å². The highest BCUT2D eigenvalue weighted by Crippen LogP contribution is 2.34. The molecule has 0 bridgehead atoms. The van der Waals surface area contributed by atoms with Gasteiger partial charge in [0.25, 0.3) is 0 Å². The molecule has 1 unspecified atom stereocenters. The van der Waals surface area contributed by atoms with Crippen LogP contribution in [0.25, 0.3) is 0 Å². The van der Waals surface area contributed by atoms with E-state index < -0.39 is 7.27 Å². The van der Waals surface area contributed by atoms with Crippen molar-refractivity contribution in [1.82, 2.24) is 0 Å². The number of rotatable bonds is 1. The molecule has 0 aliphatic rings. The lowest BCUT2D eigenvalue weighted by molar-refractivity contribution is 1.77. The van der Waals surface area contributed by atoms with E-state index in [1.807, 2.05) is 24.9 Å². The van der Waals surface area contributed by atoms with Gasteiger partial charge in [-0.1, -0.05) is 41.6 Å². The first-order valence-corrected chi connectivity index (χ1v) is 5.44. The van der Waals surface area contributed by atoms with Gasteiger partial charge in [0.2, 0.25) is 0 Å².